The third-order valence-electron chi connectivity index (χ3n) is 4.81. The number of hydrogen-bond donors (Lipinski definition) is 0. The fourth-order valence-electron chi connectivity index (χ4n) is 3.38. The fraction of sp³-hybridized carbons (Fsp3) is 0.400. The molecule has 1 aromatic heterocycles. The first-order chi connectivity index (χ1) is 13.0. The van der Waals surface area contributed by atoms with Crippen LogP contribution in [0.2, 0.25) is 0 Å². The average Bonchev–Trinajstić information content (AvgIpc) is 3.39. The van der Waals surface area contributed by atoms with Crippen LogP contribution in [0.15, 0.2) is 35.7 Å². The maximum atomic E-state index is 13.0. The number of hydrogen-bond acceptors (Lipinski definition) is 5. The third kappa shape index (κ3) is 4.08. The highest BCUT2D eigenvalue weighted by molar-refractivity contribution is 7.12. The molecular formula is C20H24N2O4S. The zero-order valence-electron chi connectivity index (χ0n) is 15.8. The zero-order chi connectivity index (χ0) is 19.4. The Morgan fingerprint density at radius 2 is 2.07 bits per heavy atom. The molecule has 0 aliphatic carbocycles. The second-order valence-electron chi connectivity index (χ2n) is 6.51. The molecule has 0 radical (unpaired) electrons. The minimum atomic E-state index is -0.408. The molecule has 2 aromatic rings. The van der Waals surface area contributed by atoms with E-state index in [1.807, 2.05) is 23.6 Å². The Kier molecular flexibility index (Phi) is 6.01. The minimum absolute atomic E-state index is 0.0460. The smallest absolute Gasteiger partial charge is 0.264 e. The second kappa shape index (κ2) is 8.43. The van der Waals surface area contributed by atoms with Crippen molar-refractivity contribution in [2.24, 2.45) is 0 Å². The summed E-state index contributed by atoms with van der Waals surface area (Å²) in [6.45, 7) is 1.02. The van der Waals surface area contributed by atoms with Crippen molar-refractivity contribution in [3.05, 3.63) is 46.2 Å². The van der Waals surface area contributed by atoms with Crippen LogP contribution < -0.4 is 9.47 Å². The molecule has 27 heavy (non-hydrogen) atoms. The van der Waals surface area contributed by atoms with Gasteiger partial charge < -0.3 is 19.3 Å². The molecule has 7 heteroatoms. The van der Waals surface area contributed by atoms with Gasteiger partial charge >= 0.3 is 0 Å². The van der Waals surface area contributed by atoms with Crippen molar-refractivity contribution in [2.45, 2.75) is 25.4 Å². The number of ether oxygens (including phenoxy) is 2. The maximum Gasteiger partial charge on any atom is 0.264 e. The van der Waals surface area contributed by atoms with E-state index in [2.05, 4.69) is 0 Å². The normalized spacial score (nSPS) is 16.3. The molecule has 3 rings (SSSR count). The van der Waals surface area contributed by atoms with Gasteiger partial charge in [-0.2, -0.15) is 0 Å². The Morgan fingerprint density at radius 3 is 2.74 bits per heavy atom. The number of carbonyl (C=O) groups excluding carboxylic acids is 2. The molecule has 2 amide bonds. The summed E-state index contributed by atoms with van der Waals surface area (Å²) >= 11 is 1.41. The Labute approximate surface area is 163 Å². The first-order valence-corrected chi connectivity index (χ1v) is 9.73. The summed E-state index contributed by atoms with van der Waals surface area (Å²) < 4.78 is 10.6. The molecule has 0 spiro atoms. The van der Waals surface area contributed by atoms with Crippen molar-refractivity contribution >= 4 is 23.2 Å². The quantitative estimate of drug-likeness (QED) is 0.763. The lowest BCUT2D eigenvalue weighted by molar-refractivity contribution is -0.134. The Bertz CT molecular complexity index is 806. The van der Waals surface area contributed by atoms with Crippen LogP contribution in [-0.4, -0.2) is 55.5 Å². The molecule has 1 fully saturated rings. The summed E-state index contributed by atoms with van der Waals surface area (Å²) in [6.07, 6.45) is 1.53. The van der Waals surface area contributed by atoms with Crippen molar-refractivity contribution in [2.75, 3.05) is 27.8 Å². The van der Waals surface area contributed by atoms with Crippen LogP contribution in [0.5, 0.6) is 11.5 Å². The molecular weight excluding hydrogens is 364 g/mol. The molecule has 1 unspecified atom stereocenters. The Balaban J connectivity index is 1.72. The fourth-order valence-corrected chi connectivity index (χ4v) is 4.06. The molecule has 1 aromatic carbocycles. The molecule has 1 aliphatic rings. The van der Waals surface area contributed by atoms with E-state index >= 15 is 0 Å². The first kappa shape index (κ1) is 19.2. The van der Waals surface area contributed by atoms with Gasteiger partial charge in [0.2, 0.25) is 5.91 Å². The van der Waals surface area contributed by atoms with Crippen molar-refractivity contribution in [1.82, 2.24) is 9.80 Å². The number of benzene rings is 1. The van der Waals surface area contributed by atoms with E-state index in [4.69, 9.17) is 9.47 Å². The van der Waals surface area contributed by atoms with Crippen LogP contribution in [0.4, 0.5) is 0 Å². The van der Waals surface area contributed by atoms with Crippen LogP contribution in [0.3, 0.4) is 0 Å². The van der Waals surface area contributed by atoms with Crippen LogP contribution >= 0.6 is 11.3 Å². The van der Waals surface area contributed by atoms with Crippen LogP contribution in [0.25, 0.3) is 0 Å². The number of thiophene rings is 1. The molecule has 2 heterocycles. The number of methoxy groups -OCH3 is 2. The van der Waals surface area contributed by atoms with Gasteiger partial charge in [0.05, 0.1) is 19.1 Å². The second-order valence-corrected chi connectivity index (χ2v) is 7.45. The highest BCUT2D eigenvalue weighted by atomic mass is 32.1. The van der Waals surface area contributed by atoms with Gasteiger partial charge in [-0.25, -0.2) is 0 Å². The Hall–Kier alpha value is -2.54. The predicted octanol–water partition coefficient (Wildman–Crippen LogP) is 3.03. The van der Waals surface area contributed by atoms with Gasteiger partial charge in [0, 0.05) is 31.8 Å². The van der Waals surface area contributed by atoms with Gasteiger partial charge in [-0.3, -0.25) is 9.59 Å². The number of likely N-dealkylation sites (tertiary alicyclic amines) is 1. The largest absolute Gasteiger partial charge is 0.497 e. The predicted molar refractivity (Wildman–Crippen MR) is 104 cm³/mol. The van der Waals surface area contributed by atoms with E-state index in [0.29, 0.717) is 35.9 Å². The van der Waals surface area contributed by atoms with Crippen molar-refractivity contribution in [3.63, 3.8) is 0 Å². The molecule has 144 valence electrons. The highest BCUT2D eigenvalue weighted by Crippen LogP contribution is 2.27. The average molecular weight is 388 g/mol. The van der Waals surface area contributed by atoms with Gasteiger partial charge in [0.15, 0.2) is 0 Å². The standard InChI is InChI=1S/C20H24N2O4S/c1-21(13-14-8-9-15(25-2)12-17(14)26-3)19(23)16-6-4-10-22(16)20(24)18-7-5-11-27-18/h5,7-9,11-12,16H,4,6,10,13H2,1-3H3. The summed E-state index contributed by atoms with van der Waals surface area (Å²) in [5.41, 5.74) is 0.892. The van der Waals surface area contributed by atoms with Crippen LogP contribution in [0.1, 0.15) is 28.1 Å². The van der Waals surface area contributed by atoms with Crippen molar-refractivity contribution in [1.29, 1.82) is 0 Å². The molecule has 0 N–H and O–H groups in total. The number of likely N-dealkylation sites (N-methyl/N-ethyl adjacent to an activating group) is 1. The summed E-state index contributed by atoms with van der Waals surface area (Å²) in [4.78, 5) is 29.8. The van der Waals surface area contributed by atoms with E-state index in [1.165, 1.54) is 11.3 Å². The van der Waals surface area contributed by atoms with Gasteiger partial charge in [-0.15, -0.1) is 11.3 Å². The topological polar surface area (TPSA) is 59.1 Å². The number of carbonyl (C=O) groups is 2. The highest BCUT2D eigenvalue weighted by Gasteiger charge is 2.36. The SMILES string of the molecule is COc1ccc(CN(C)C(=O)C2CCCN2C(=O)c2cccs2)c(OC)c1. The van der Waals surface area contributed by atoms with E-state index in [9.17, 15) is 9.59 Å². The third-order valence-corrected chi connectivity index (χ3v) is 5.67. The van der Waals surface area contributed by atoms with E-state index in [1.54, 1.807) is 43.2 Å². The minimum Gasteiger partial charge on any atom is -0.497 e. The van der Waals surface area contributed by atoms with E-state index in [-0.39, 0.29) is 11.8 Å². The Morgan fingerprint density at radius 1 is 1.26 bits per heavy atom. The lowest BCUT2D eigenvalue weighted by Gasteiger charge is -2.28. The summed E-state index contributed by atoms with van der Waals surface area (Å²) in [5.74, 6) is 1.27. The number of amides is 2. The molecule has 6 nitrogen and oxygen atoms in total. The summed E-state index contributed by atoms with van der Waals surface area (Å²) in [7, 11) is 4.96. The molecule has 0 saturated carbocycles. The van der Waals surface area contributed by atoms with Crippen molar-refractivity contribution in [3.8, 4) is 11.5 Å². The van der Waals surface area contributed by atoms with E-state index in [0.717, 1.165) is 12.0 Å². The molecule has 1 aliphatic heterocycles. The summed E-state index contributed by atoms with van der Waals surface area (Å²) in [5, 5.41) is 1.88. The van der Waals surface area contributed by atoms with Gasteiger partial charge in [0.1, 0.15) is 17.5 Å². The zero-order valence-corrected chi connectivity index (χ0v) is 16.6. The molecule has 1 atom stereocenters. The number of rotatable bonds is 6. The monoisotopic (exact) mass is 388 g/mol. The van der Waals surface area contributed by atoms with Gasteiger partial charge in [-0.1, -0.05) is 6.07 Å². The lowest BCUT2D eigenvalue weighted by Crippen LogP contribution is -2.46. The number of nitrogens with zero attached hydrogens (tertiary/aromatic N) is 2. The maximum absolute atomic E-state index is 13.0. The first-order valence-electron chi connectivity index (χ1n) is 8.85. The van der Waals surface area contributed by atoms with Gasteiger partial charge in [-0.05, 0) is 36.4 Å². The molecule has 0 bridgehead atoms. The van der Waals surface area contributed by atoms with Crippen LogP contribution in [-0.2, 0) is 11.3 Å². The lowest BCUT2D eigenvalue weighted by atomic mass is 10.1. The van der Waals surface area contributed by atoms with Gasteiger partial charge in [0.25, 0.3) is 5.91 Å². The van der Waals surface area contributed by atoms with Crippen LogP contribution in [0, 0.1) is 0 Å². The van der Waals surface area contributed by atoms with E-state index < -0.39 is 6.04 Å². The van der Waals surface area contributed by atoms with Crippen molar-refractivity contribution < 1.29 is 19.1 Å². The molecule has 1 saturated heterocycles. The summed E-state index contributed by atoms with van der Waals surface area (Å²) in [6, 6.07) is 8.79.